The summed E-state index contributed by atoms with van der Waals surface area (Å²) >= 11 is 0. The highest BCUT2D eigenvalue weighted by molar-refractivity contribution is 5.98. The summed E-state index contributed by atoms with van der Waals surface area (Å²) in [5.74, 6) is 3.23. The summed E-state index contributed by atoms with van der Waals surface area (Å²) < 4.78 is 0. The first kappa shape index (κ1) is 35.0. The van der Waals surface area contributed by atoms with Crippen molar-refractivity contribution >= 4 is 11.4 Å². The lowest BCUT2D eigenvalue weighted by Gasteiger charge is -2.44. The fourth-order valence-corrected chi connectivity index (χ4v) is 10.7. The lowest BCUT2D eigenvalue weighted by molar-refractivity contribution is 0.343. The number of aliphatic imine (C=N–C) groups is 1. The van der Waals surface area contributed by atoms with Gasteiger partial charge in [-0.25, -0.2) is 0 Å². The molecule has 0 aliphatic heterocycles. The third-order valence-electron chi connectivity index (χ3n) is 14.1. The van der Waals surface area contributed by atoms with Gasteiger partial charge in [0.15, 0.2) is 0 Å². The van der Waals surface area contributed by atoms with Crippen LogP contribution in [0.25, 0.3) is 16.8 Å². The van der Waals surface area contributed by atoms with Gasteiger partial charge in [-0.2, -0.15) is 0 Å². The van der Waals surface area contributed by atoms with Gasteiger partial charge in [-0.3, -0.25) is 4.99 Å². The van der Waals surface area contributed by atoms with Gasteiger partial charge in [-0.05, 0) is 123 Å². The van der Waals surface area contributed by atoms with Crippen LogP contribution in [0.1, 0.15) is 121 Å². The second-order valence-electron chi connectivity index (χ2n) is 17.5. The van der Waals surface area contributed by atoms with Crippen LogP contribution in [0, 0.1) is 11.8 Å². The van der Waals surface area contributed by atoms with Crippen LogP contribution in [0.2, 0.25) is 0 Å². The highest BCUT2D eigenvalue weighted by atomic mass is 15.1. The van der Waals surface area contributed by atoms with E-state index in [4.69, 9.17) is 4.99 Å². The Morgan fingerprint density at radius 1 is 0.679 bits per heavy atom. The lowest BCUT2D eigenvalue weighted by Crippen LogP contribution is -2.27. The standard InChI is InChI=1S/C54H52N2/c1-34(36-13-7-5-8-14-36)55-53(56-35(2)37-15-9-6-10-16-37)41-25-23-39(24-26-41)38-19-21-40(22-20-38)42-27-28-47-50-32-48-46-30-29-45(46)43-17-11-12-18-44(43)49(48)33-52(50)54(3,4)51(47)31-42/h5-19,21,23-28,31-33,38,40,45-47,51,53,55H,1,20,22,29-30H2,2-4H3/b56-35+. The molecule has 7 atom stereocenters. The minimum absolute atomic E-state index is 0.0863. The average Bonchev–Trinajstić information content (AvgIpc) is 3.45. The molecule has 1 fully saturated rings. The van der Waals surface area contributed by atoms with E-state index in [0.29, 0.717) is 35.5 Å². The van der Waals surface area contributed by atoms with E-state index in [0.717, 1.165) is 34.5 Å². The van der Waals surface area contributed by atoms with Crippen LogP contribution >= 0.6 is 0 Å². The number of fused-ring (bicyclic) bond motifs is 9. The molecule has 0 spiro atoms. The first-order valence-corrected chi connectivity index (χ1v) is 20.9. The second-order valence-corrected chi connectivity index (χ2v) is 17.5. The summed E-state index contributed by atoms with van der Waals surface area (Å²) in [5, 5.41) is 3.63. The molecule has 278 valence electrons. The van der Waals surface area contributed by atoms with E-state index >= 15 is 0 Å². The molecule has 0 bridgehead atoms. The third kappa shape index (κ3) is 5.97. The number of nitrogens with one attached hydrogen (secondary N) is 1. The average molecular weight is 729 g/mol. The van der Waals surface area contributed by atoms with Crippen LogP contribution in [-0.4, -0.2) is 5.71 Å². The van der Waals surface area contributed by atoms with Crippen LogP contribution in [0.4, 0.5) is 0 Å². The van der Waals surface area contributed by atoms with Crippen LogP contribution in [0.5, 0.6) is 0 Å². The molecule has 0 heterocycles. The molecule has 0 amide bonds. The van der Waals surface area contributed by atoms with Crippen molar-refractivity contribution in [3.63, 3.8) is 0 Å². The van der Waals surface area contributed by atoms with E-state index in [-0.39, 0.29) is 11.6 Å². The van der Waals surface area contributed by atoms with E-state index in [2.05, 4.69) is 160 Å². The van der Waals surface area contributed by atoms with Gasteiger partial charge >= 0.3 is 0 Å². The molecule has 7 unspecified atom stereocenters. The van der Waals surface area contributed by atoms with E-state index < -0.39 is 0 Å². The van der Waals surface area contributed by atoms with Crippen LogP contribution in [0.15, 0.2) is 169 Å². The monoisotopic (exact) mass is 728 g/mol. The molecular formula is C54H52N2. The number of hydrogen-bond acceptors (Lipinski definition) is 2. The van der Waals surface area contributed by atoms with Crippen LogP contribution in [-0.2, 0) is 5.41 Å². The summed E-state index contributed by atoms with van der Waals surface area (Å²) in [6, 6.07) is 44.4. The molecule has 5 aliphatic rings. The Bertz CT molecular complexity index is 2430. The molecular weight excluding hydrogens is 677 g/mol. The Balaban J connectivity index is 0.869. The maximum atomic E-state index is 5.19. The highest BCUT2D eigenvalue weighted by Crippen LogP contribution is 2.61. The van der Waals surface area contributed by atoms with Crippen molar-refractivity contribution in [1.29, 1.82) is 0 Å². The zero-order valence-corrected chi connectivity index (χ0v) is 33.0. The van der Waals surface area contributed by atoms with E-state index in [9.17, 15) is 0 Å². The minimum atomic E-state index is -0.251. The lowest BCUT2D eigenvalue weighted by atomic mass is 9.60. The molecule has 5 aliphatic carbocycles. The smallest absolute Gasteiger partial charge is 0.145 e. The summed E-state index contributed by atoms with van der Waals surface area (Å²) in [6.45, 7) is 11.5. The maximum absolute atomic E-state index is 5.19. The predicted molar refractivity (Wildman–Crippen MR) is 234 cm³/mol. The molecule has 5 aromatic carbocycles. The minimum Gasteiger partial charge on any atom is -0.360 e. The zero-order chi connectivity index (χ0) is 38.0. The van der Waals surface area contributed by atoms with Gasteiger partial charge in [-0.15, -0.1) is 0 Å². The van der Waals surface area contributed by atoms with E-state index in [1.807, 2.05) is 24.3 Å². The fourth-order valence-electron chi connectivity index (χ4n) is 10.7. The molecule has 10 rings (SSSR count). The van der Waals surface area contributed by atoms with Gasteiger partial charge in [0.2, 0.25) is 0 Å². The number of rotatable bonds is 8. The fraction of sp³-hybridized carbons (Fsp3) is 0.278. The van der Waals surface area contributed by atoms with Gasteiger partial charge in [-0.1, -0.05) is 166 Å². The van der Waals surface area contributed by atoms with Crippen LogP contribution < -0.4 is 5.32 Å². The van der Waals surface area contributed by atoms with Crippen molar-refractivity contribution in [2.45, 2.75) is 81.7 Å². The van der Waals surface area contributed by atoms with Gasteiger partial charge in [0, 0.05) is 29.2 Å². The molecule has 1 N–H and O–H groups in total. The molecule has 1 saturated carbocycles. The summed E-state index contributed by atoms with van der Waals surface area (Å²) in [6.07, 6.45) is 17.4. The van der Waals surface area contributed by atoms with Crippen molar-refractivity contribution in [3.05, 3.63) is 208 Å². The van der Waals surface area contributed by atoms with Gasteiger partial charge in [0.1, 0.15) is 6.17 Å². The van der Waals surface area contributed by atoms with E-state index in [1.54, 1.807) is 22.3 Å². The third-order valence-corrected chi connectivity index (χ3v) is 14.1. The molecule has 0 saturated heterocycles. The normalized spacial score (nSPS) is 25.7. The summed E-state index contributed by atoms with van der Waals surface area (Å²) in [5.41, 5.74) is 17.5. The molecule has 0 aromatic heterocycles. The quantitative estimate of drug-likeness (QED) is 0.125. The van der Waals surface area contributed by atoms with Crippen molar-refractivity contribution < 1.29 is 0 Å². The first-order chi connectivity index (χ1) is 27.3. The Kier molecular flexibility index (Phi) is 8.70. The molecule has 56 heavy (non-hydrogen) atoms. The second kappa shape index (κ2) is 13.9. The predicted octanol–water partition coefficient (Wildman–Crippen LogP) is 13.3. The van der Waals surface area contributed by atoms with Crippen molar-refractivity contribution in [3.8, 4) is 11.1 Å². The van der Waals surface area contributed by atoms with E-state index in [1.165, 1.54) is 41.5 Å². The highest BCUT2D eigenvalue weighted by Gasteiger charge is 2.48. The van der Waals surface area contributed by atoms with Gasteiger partial charge < -0.3 is 5.32 Å². The number of allylic oxidation sites excluding steroid dienone is 6. The largest absolute Gasteiger partial charge is 0.360 e. The van der Waals surface area contributed by atoms with Crippen LogP contribution in [0.3, 0.4) is 0 Å². The number of benzene rings is 5. The van der Waals surface area contributed by atoms with Gasteiger partial charge in [0.05, 0.1) is 0 Å². The SMILES string of the molecule is C=C(NC(/N=C(\C)c1ccccc1)c1ccc(C2C=CC(C3=CC4C(C=C3)c3cc5c(cc3C4(C)C)-c3ccccc3C3CCC53)CC2)cc1)c1ccccc1. The maximum Gasteiger partial charge on any atom is 0.145 e. The Morgan fingerprint density at radius 2 is 1.34 bits per heavy atom. The Morgan fingerprint density at radius 3 is 2.05 bits per heavy atom. The van der Waals surface area contributed by atoms with Crippen molar-refractivity contribution in [1.82, 2.24) is 5.32 Å². The Hall–Kier alpha value is -5.47. The topological polar surface area (TPSA) is 24.4 Å². The molecule has 2 nitrogen and oxygen atoms in total. The first-order valence-electron chi connectivity index (χ1n) is 20.9. The van der Waals surface area contributed by atoms with Crippen molar-refractivity contribution in [2.24, 2.45) is 16.8 Å². The zero-order valence-electron chi connectivity index (χ0n) is 33.0. The summed E-state index contributed by atoms with van der Waals surface area (Å²) in [4.78, 5) is 5.19. The number of nitrogens with zero attached hydrogens (tertiary/aromatic N) is 1. The molecule has 5 aromatic rings. The number of hydrogen-bond donors (Lipinski definition) is 1. The summed E-state index contributed by atoms with van der Waals surface area (Å²) in [7, 11) is 0. The molecule has 0 radical (unpaired) electrons. The Labute approximate surface area is 333 Å². The van der Waals surface area contributed by atoms with Gasteiger partial charge in [0.25, 0.3) is 0 Å². The van der Waals surface area contributed by atoms with Crippen molar-refractivity contribution in [2.75, 3.05) is 0 Å². The molecule has 2 heteroatoms.